The molecule has 0 aliphatic carbocycles. The van der Waals surface area contributed by atoms with E-state index in [-0.39, 0.29) is 6.10 Å². The Balaban J connectivity index is 1.58. The SMILES string of the molecule is C[C@H](O)CN1CCN(Cc2ccn(-c3ccccc3)n2)C[C@H]1C. The lowest BCUT2D eigenvalue weighted by atomic mass is 10.1. The summed E-state index contributed by atoms with van der Waals surface area (Å²) in [5.74, 6) is 0. The van der Waals surface area contributed by atoms with Crippen molar-refractivity contribution in [3.8, 4) is 5.69 Å². The minimum Gasteiger partial charge on any atom is -0.392 e. The monoisotopic (exact) mass is 314 g/mol. The van der Waals surface area contributed by atoms with Gasteiger partial charge in [-0.2, -0.15) is 5.10 Å². The highest BCUT2D eigenvalue weighted by atomic mass is 16.3. The van der Waals surface area contributed by atoms with Crippen LogP contribution < -0.4 is 0 Å². The Morgan fingerprint density at radius 1 is 1.22 bits per heavy atom. The third kappa shape index (κ3) is 4.19. The molecule has 124 valence electrons. The molecule has 1 saturated heterocycles. The highest BCUT2D eigenvalue weighted by Crippen LogP contribution is 2.14. The molecule has 5 heteroatoms. The van der Waals surface area contributed by atoms with Gasteiger partial charge in [-0.3, -0.25) is 9.80 Å². The summed E-state index contributed by atoms with van der Waals surface area (Å²) in [4.78, 5) is 4.81. The maximum absolute atomic E-state index is 9.57. The first-order chi connectivity index (χ1) is 11.1. The van der Waals surface area contributed by atoms with Gasteiger partial charge in [0.2, 0.25) is 0 Å². The van der Waals surface area contributed by atoms with Gasteiger partial charge < -0.3 is 5.11 Å². The van der Waals surface area contributed by atoms with Crippen LogP contribution in [0.15, 0.2) is 42.6 Å². The van der Waals surface area contributed by atoms with Crippen LogP contribution in [0.4, 0.5) is 0 Å². The first-order valence-corrected chi connectivity index (χ1v) is 8.36. The van der Waals surface area contributed by atoms with E-state index in [1.165, 1.54) is 0 Å². The fourth-order valence-corrected chi connectivity index (χ4v) is 3.22. The maximum atomic E-state index is 9.57. The van der Waals surface area contributed by atoms with Gasteiger partial charge in [0, 0.05) is 45.0 Å². The fraction of sp³-hybridized carbons (Fsp3) is 0.500. The average molecular weight is 314 g/mol. The van der Waals surface area contributed by atoms with Crippen LogP contribution in [0, 0.1) is 0 Å². The van der Waals surface area contributed by atoms with Crippen molar-refractivity contribution < 1.29 is 5.11 Å². The lowest BCUT2D eigenvalue weighted by Gasteiger charge is -2.40. The molecule has 23 heavy (non-hydrogen) atoms. The molecule has 5 nitrogen and oxygen atoms in total. The molecule has 0 radical (unpaired) electrons. The number of rotatable bonds is 5. The van der Waals surface area contributed by atoms with E-state index in [0.29, 0.717) is 6.04 Å². The zero-order valence-corrected chi connectivity index (χ0v) is 14.0. The van der Waals surface area contributed by atoms with Crippen molar-refractivity contribution in [3.63, 3.8) is 0 Å². The van der Waals surface area contributed by atoms with E-state index in [1.807, 2.05) is 36.0 Å². The van der Waals surface area contributed by atoms with E-state index in [4.69, 9.17) is 0 Å². The van der Waals surface area contributed by atoms with Crippen molar-refractivity contribution in [1.82, 2.24) is 19.6 Å². The lowest BCUT2D eigenvalue weighted by Crippen LogP contribution is -2.53. The number of aromatic nitrogens is 2. The van der Waals surface area contributed by atoms with Crippen molar-refractivity contribution >= 4 is 0 Å². The summed E-state index contributed by atoms with van der Waals surface area (Å²) in [6.07, 6.45) is 1.77. The molecule has 1 aliphatic rings. The Morgan fingerprint density at radius 3 is 2.70 bits per heavy atom. The Kier molecular flexibility index (Phi) is 5.10. The van der Waals surface area contributed by atoms with E-state index in [1.54, 1.807) is 0 Å². The van der Waals surface area contributed by atoms with Crippen LogP contribution in [0.25, 0.3) is 5.69 Å². The standard InChI is InChI=1S/C18H26N4O/c1-15-12-20(10-11-21(15)13-16(2)23)14-17-8-9-22(19-17)18-6-4-3-5-7-18/h3-9,15-16,23H,10-14H2,1-2H3/t15-,16+/m1/s1. The van der Waals surface area contributed by atoms with Gasteiger partial charge in [0.25, 0.3) is 0 Å². The first-order valence-electron chi connectivity index (χ1n) is 8.36. The third-order valence-corrected chi connectivity index (χ3v) is 4.40. The summed E-state index contributed by atoms with van der Waals surface area (Å²) in [5, 5.41) is 14.3. The van der Waals surface area contributed by atoms with E-state index >= 15 is 0 Å². The van der Waals surface area contributed by atoms with Crippen LogP contribution in [-0.4, -0.2) is 63.0 Å². The van der Waals surface area contributed by atoms with Crippen LogP contribution >= 0.6 is 0 Å². The Hall–Kier alpha value is -1.69. The number of nitrogens with zero attached hydrogens (tertiary/aromatic N) is 4. The number of hydrogen-bond acceptors (Lipinski definition) is 4. The zero-order chi connectivity index (χ0) is 16.2. The number of aliphatic hydroxyl groups is 1. The molecule has 0 saturated carbocycles. The second-order valence-corrected chi connectivity index (χ2v) is 6.52. The number of β-amino-alcohol motifs (C(OH)–C–C–N with tert-alkyl or cyclic N) is 1. The molecule has 2 atom stereocenters. The van der Waals surface area contributed by atoms with E-state index in [0.717, 1.165) is 44.1 Å². The first kappa shape index (κ1) is 16.2. The van der Waals surface area contributed by atoms with Crippen molar-refractivity contribution in [1.29, 1.82) is 0 Å². The summed E-state index contributed by atoms with van der Waals surface area (Å²) in [6.45, 7) is 8.78. The summed E-state index contributed by atoms with van der Waals surface area (Å²) < 4.78 is 1.93. The molecule has 1 aliphatic heterocycles. The number of aliphatic hydroxyl groups excluding tert-OH is 1. The summed E-state index contributed by atoms with van der Waals surface area (Å²) in [7, 11) is 0. The van der Waals surface area contributed by atoms with Gasteiger partial charge in [0.15, 0.2) is 0 Å². The van der Waals surface area contributed by atoms with Gasteiger partial charge in [-0.25, -0.2) is 4.68 Å². The molecule has 1 aromatic carbocycles. The molecule has 0 amide bonds. The number of hydrogen-bond donors (Lipinski definition) is 1. The van der Waals surface area contributed by atoms with Gasteiger partial charge >= 0.3 is 0 Å². The average Bonchev–Trinajstić information content (AvgIpc) is 2.99. The van der Waals surface area contributed by atoms with Crippen LogP contribution in [0.3, 0.4) is 0 Å². The molecule has 0 unspecified atom stereocenters. The molecule has 2 aromatic rings. The minimum atomic E-state index is -0.259. The van der Waals surface area contributed by atoms with Crippen LogP contribution in [0.2, 0.25) is 0 Å². The molecular formula is C18H26N4O. The third-order valence-electron chi connectivity index (χ3n) is 4.40. The lowest BCUT2D eigenvalue weighted by molar-refractivity contribution is 0.0418. The van der Waals surface area contributed by atoms with Gasteiger partial charge in [-0.05, 0) is 32.0 Å². The number of benzene rings is 1. The number of piperazine rings is 1. The maximum Gasteiger partial charge on any atom is 0.0769 e. The Bertz CT molecular complexity index is 610. The molecular weight excluding hydrogens is 288 g/mol. The topological polar surface area (TPSA) is 44.5 Å². The largest absolute Gasteiger partial charge is 0.392 e. The smallest absolute Gasteiger partial charge is 0.0769 e. The molecule has 1 N–H and O–H groups in total. The van der Waals surface area contributed by atoms with E-state index in [9.17, 15) is 5.11 Å². The molecule has 2 heterocycles. The van der Waals surface area contributed by atoms with E-state index in [2.05, 4.69) is 40.0 Å². The van der Waals surface area contributed by atoms with Crippen molar-refractivity contribution in [3.05, 3.63) is 48.3 Å². The highest BCUT2D eigenvalue weighted by molar-refractivity contribution is 5.30. The van der Waals surface area contributed by atoms with Crippen LogP contribution in [0.5, 0.6) is 0 Å². The molecule has 0 bridgehead atoms. The van der Waals surface area contributed by atoms with Crippen LogP contribution in [-0.2, 0) is 6.54 Å². The molecule has 1 fully saturated rings. The second-order valence-electron chi connectivity index (χ2n) is 6.52. The van der Waals surface area contributed by atoms with Gasteiger partial charge in [-0.1, -0.05) is 18.2 Å². The highest BCUT2D eigenvalue weighted by Gasteiger charge is 2.24. The Labute approximate surface area is 138 Å². The fourth-order valence-electron chi connectivity index (χ4n) is 3.22. The summed E-state index contributed by atoms with van der Waals surface area (Å²) >= 11 is 0. The number of para-hydroxylation sites is 1. The normalized spacial score (nSPS) is 21.4. The molecule has 0 spiro atoms. The van der Waals surface area contributed by atoms with Crippen molar-refractivity contribution in [2.75, 3.05) is 26.2 Å². The summed E-state index contributed by atoms with van der Waals surface area (Å²) in [6, 6.07) is 12.8. The predicted octanol–water partition coefficient (Wildman–Crippen LogP) is 1.76. The minimum absolute atomic E-state index is 0.259. The second kappa shape index (κ2) is 7.25. The predicted molar refractivity (Wildman–Crippen MR) is 91.6 cm³/mol. The van der Waals surface area contributed by atoms with Crippen molar-refractivity contribution in [2.24, 2.45) is 0 Å². The molecule has 3 rings (SSSR count). The quantitative estimate of drug-likeness (QED) is 0.913. The van der Waals surface area contributed by atoms with Crippen molar-refractivity contribution in [2.45, 2.75) is 32.5 Å². The van der Waals surface area contributed by atoms with Gasteiger partial charge in [0.1, 0.15) is 0 Å². The van der Waals surface area contributed by atoms with Gasteiger partial charge in [-0.15, -0.1) is 0 Å². The van der Waals surface area contributed by atoms with Gasteiger partial charge in [0.05, 0.1) is 17.5 Å². The Morgan fingerprint density at radius 2 is 2.00 bits per heavy atom. The zero-order valence-electron chi connectivity index (χ0n) is 14.0. The van der Waals surface area contributed by atoms with Crippen LogP contribution in [0.1, 0.15) is 19.5 Å². The van der Waals surface area contributed by atoms with E-state index < -0.39 is 0 Å². The summed E-state index contributed by atoms with van der Waals surface area (Å²) in [5.41, 5.74) is 2.19. The molecule has 1 aromatic heterocycles.